The number of nitro groups is 1. The van der Waals surface area contributed by atoms with Crippen LogP contribution in [0.25, 0.3) is 11.1 Å². The molecule has 0 aromatic heterocycles. The van der Waals surface area contributed by atoms with Gasteiger partial charge in [0, 0.05) is 18.4 Å². The zero-order chi connectivity index (χ0) is 30.5. The van der Waals surface area contributed by atoms with Gasteiger partial charge in [-0.25, -0.2) is 14.4 Å². The van der Waals surface area contributed by atoms with Crippen molar-refractivity contribution in [3.05, 3.63) is 123 Å². The molecule has 4 aromatic carbocycles. The number of fused-ring (bicyclic) bond motifs is 3. The number of nitro benzene ring substituents is 1. The number of amides is 1. The Bertz CT molecular complexity index is 1670. The van der Waals surface area contributed by atoms with E-state index in [0.29, 0.717) is 0 Å². The highest BCUT2D eigenvalue weighted by Gasteiger charge is 2.30. The fourth-order valence-corrected chi connectivity index (χ4v) is 5.07. The summed E-state index contributed by atoms with van der Waals surface area (Å²) in [6.45, 7) is 0.000878. The van der Waals surface area contributed by atoms with Crippen LogP contribution < -0.4 is 10.1 Å². The van der Waals surface area contributed by atoms with Gasteiger partial charge in [0.2, 0.25) is 5.75 Å². The molecule has 4 aromatic rings. The molecule has 43 heavy (non-hydrogen) atoms. The third-order valence-electron chi connectivity index (χ3n) is 7.08. The number of alkyl carbamates (subject to hydrolysis) is 1. The summed E-state index contributed by atoms with van der Waals surface area (Å²) in [5, 5.41) is 23.9. The highest BCUT2D eigenvalue weighted by atomic mass is 16.6. The number of aliphatic carboxylic acids is 1. The average Bonchev–Trinajstić information content (AvgIpc) is 3.33. The molecule has 0 saturated carbocycles. The highest BCUT2D eigenvalue weighted by molar-refractivity contribution is 5.89. The van der Waals surface area contributed by atoms with E-state index >= 15 is 0 Å². The van der Waals surface area contributed by atoms with Crippen LogP contribution in [-0.2, 0) is 20.7 Å². The Kier molecular flexibility index (Phi) is 8.33. The monoisotopic (exact) mass is 582 g/mol. The standard InChI is InChI=1S/C32H26N2O9/c1-41-31(37)20-7-6-8-21(17-20)43-29-14-13-19(16-28(29)34(39)40)15-27(30(35)36)33-32(38)42-18-26-24-11-4-2-9-22(24)23-10-3-5-12-25(23)26/h2-14,16-17,26-27H,15,18H2,1H3,(H,33,38)(H,35,36). The minimum Gasteiger partial charge on any atom is -0.480 e. The van der Waals surface area contributed by atoms with Crippen molar-refractivity contribution in [2.45, 2.75) is 18.4 Å². The molecule has 0 heterocycles. The summed E-state index contributed by atoms with van der Waals surface area (Å²) in [5.41, 5.74) is 4.18. The number of rotatable bonds is 10. The summed E-state index contributed by atoms with van der Waals surface area (Å²) >= 11 is 0. The van der Waals surface area contributed by atoms with E-state index in [1.54, 1.807) is 0 Å². The lowest BCUT2D eigenvalue weighted by atomic mass is 9.98. The Labute approximate surface area is 245 Å². The molecule has 1 amide bonds. The Morgan fingerprint density at radius 3 is 2.23 bits per heavy atom. The summed E-state index contributed by atoms with van der Waals surface area (Å²) in [6, 6.07) is 24.1. The number of carboxylic acid groups (broad SMARTS) is 1. The van der Waals surface area contributed by atoms with E-state index in [1.807, 2.05) is 48.5 Å². The van der Waals surface area contributed by atoms with Crippen LogP contribution in [0.2, 0.25) is 0 Å². The molecule has 11 nitrogen and oxygen atoms in total. The Morgan fingerprint density at radius 1 is 0.930 bits per heavy atom. The maximum Gasteiger partial charge on any atom is 0.407 e. The predicted octanol–water partition coefficient (Wildman–Crippen LogP) is 5.71. The number of ether oxygens (including phenoxy) is 3. The molecule has 5 rings (SSSR count). The molecule has 0 fully saturated rings. The van der Waals surface area contributed by atoms with E-state index in [-0.39, 0.29) is 41.6 Å². The first-order chi connectivity index (χ1) is 20.7. The normalized spacial score (nSPS) is 12.4. The van der Waals surface area contributed by atoms with Crippen LogP contribution in [0, 0.1) is 10.1 Å². The molecule has 2 N–H and O–H groups in total. The van der Waals surface area contributed by atoms with E-state index in [9.17, 15) is 29.6 Å². The Hall–Kier alpha value is -5.71. The van der Waals surface area contributed by atoms with Crippen molar-refractivity contribution in [3.63, 3.8) is 0 Å². The number of carbonyl (C=O) groups excluding carboxylic acids is 2. The van der Waals surface area contributed by atoms with Gasteiger partial charge in [-0.05, 0) is 52.1 Å². The van der Waals surface area contributed by atoms with E-state index in [4.69, 9.17) is 9.47 Å². The second kappa shape index (κ2) is 12.4. The second-order valence-electron chi connectivity index (χ2n) is 9.75. The van der Waals surface area contributed by atoms with Gasteiger partial charge in [-0.1, -0.05) is 60.7 Å². The van der Waals surface area contributed by atoms with Crippen LogP contribution in [0.4, 0.5) is 10.5 Å². The van der Waals surface area contributed by atoms with Gasteiger partial charge in [0.15, 0.2) is 0 Å². The second-order valence-corrected chi connectivity index (χ2v) is 9.75. The van der Waals surface area contributed by atoms with Gasteiger partial charge in [0.1, 0.15) is 18.4 Å². The van der Waals surface area contributed by atoms with Crippen LogP contribution in [-0.4, -0.2) is 47.8 Å². The van der Waals surface area contributed by atoms with E-state index in [1.165, 1.54) is 49.6 Å². The minimum absolute atomic E-state index is 0.000878. The molecule has 0 radical (unpaired) electrons. The quantitative estimate of drug-likeness (QED) is 0.136. The van der Waals surface area contributed by atoms with E-state index < -0.39 is 34.7 Å². The third kappa shape index (κ3) is 6.30. The molecule has 218 valence electrons. The lowest BCUT2D eigenvalue weighted by Gasteiger charge is -2.18. The van der Waals surface area contributed by atoms with Crippen LogP contribution >= 0.6 is 0 Å². The van der Waals surface area contributed by atoms with Crippen molar-refractivity contribution in [1.82, 2.24) is 5.32 Å². The number of carbonyl (C=O) groups is 3. The maximum absolute atomic E-state index is 12.7. The number of hydrogen-bond donors (Lipinski definition) is 2. The molecule has 11 heteroatoms. The van der Waals surface area contributed by atoms with Gasteiger partial charge in [-0.15, -0.1) is 0 Å². The number of hydrogen-bond acceptors (Lipinski definition) is 8. The number of carboxylic acids is 1. The van der Waals surface area contributed by atoms with E-state index in [2.05, 4.69) is 10.1 Å². The van der Waals surface area contributed by atoms with Crippen molar-refractivity contribution in [1.29, 1.82) is 0 Å². The molecule has 1 unspecified atom stereocenters. The van der Waals surface area contributed by atoms with Crippen molar-refractivity contribution >= 4 is 23.7 Å². The first-order valence-electron chi connectivity index (χ1n) is 13.2. The molecular weight excluding hydrogens is 556 g/mol. The van der Waals surface area contributed by atoms with Crippen molar-refractivity contribution in [3.8, 4) is 22.6 Å². The molecule has 0 bridgehead atoms. The smallest absolute Gasteiger partial charge is 0.407 e. The summed E-state index contributed by atoms with van der Waals surface area (Å²) in [4.78, 5) is 47.7. The lowest BCUT2D eigenvalue weighted by Crippen LogP contribution is -2.42. The molecule has 1 aliphatic rings. The van der Waals surface area contributed by atoms with E-state index in [0.717, 1.165) is 22.3 Å². The molecule has 0 spiro atoms. The fraction of sp³-hybridized carbons (Fsp3) is 0.156. The third-order valence-corrected chi connectivity index (χ3v) is 7.08. The largest absolute Gasteiger partial charge is 0.480 e. The predicted molar refractivity (Wildman–Crippen MR) is 154 cm³/mol. The summed E-state index contributed by atoms with van der Waals surface area (Å²) in [5.74, 6) is -2.09. The van der Waals surface area contributed by atoms with Crippen molar-refractivity contribution in [2.75, 3.05) is 13.7 Å². The van der Waals surface area contributed by atoms with Crippen molar-refractivity contribution < 1.29 is 38.6 Å². The number of benzene rings is 4. The minimum atomic E-state index is -1.42. The van der Waals surface area contributed by atoms with Crippen LogP contribution in [0.15, 0.2) is 91.0 Å². The molecular formula is C32H26N2O9. The maximum atomic E-state index is 12.7. The van der Waals surface area contributed by atoms with Gasteiger partial charge in [-0.3, -0.25) is 10.1 Å². The summed E-state index contributed by atoms with van der Waals surface area (Å²) < 4.78 is 15.8. The summed E-state index contributed by atoms with van der Waals surface area (Å²) in [6.07, 6.45) is -1.17. The lowest BCUT2D eigenvalue weighted by molar-refractivity contribution is -0.385. The molecule has 1 aliphatic carbocycles. The number of nitrogens with one attached hydrogen (secondary N) is 1. The first kappa shape index (κ1) is 28.8. The van der Waals surface area contributed by atoms with Gasteiger partial charge >= 0.3 is 23.7 Å². The first-order valence-corrected chi connectivity index (χ1v) is 13.2. The highest BCUT2D eigenvalue weighted by Crippen LogP contribution is 2.44. The van der Waals surface area contributed by atoms with Gasteiger partial charge in [0.25, 0.3) is 0 Å². The van der Waals surface area contributed by atoms with Crippen LogP contribution in [0.5, 0.6) is 11.5 Å². The zero-order valence-corrected chi connectivity index (χ0v) is 22.9. The number of esters is 1. The molecule has 1 atom stereocenters. The number of nitrogens with zero attached hydrogens (tertiary/aromatic N) is 1. The van der Waals surface area contributed by atoms with Gasteiger partial charge in [-0.2, -0.15) is 0 Å². The zero-order valence-electron chi connectivity index (χ0n) is 22.9. The summed E-state index contributed by atoms with van der Waals surface area (Å²) in [7, 11) is 1.23. The van der Waals surface area contributed by atoms with Gasteiger partial charge < -0.3 is 24.6 Å². The Morgan fingerprint density at radius 2 is 1.60 bits per heavy atom. The van der Waals surface area contributed by atoms with Crippen LogP contribution in [0.1, 0.15) is 33.0 Å². The van der Waals surface area contributed by atoms with Gasteiger partial charge in [0.05, 0.1) is 17.6 Å². The van der Waals surface area contributed by atoms with Crippen molar-refractivity contribution in [2.24, 2.45) is 0 Å². The topological polar surface area (TPSA) is 154 Å². The molecule has 0 aliphatic heterocycles. The fourth-order valence-electron chi connectivity index (χ4n) is 5.07. The van der Waals surface area contributed by atoms with Crippen LogP contribution in [0.3, 0.4) is 0 Å². The SMILES string of the molecule is COC(=O)c1cccc(Oc2ccc(CC(NC(=O)OCC3c4ccccc4-c4ccccc43)C(=O)O)cc2[N+](=O)[O-])c1. The average molecular weight is 583 g/mol. The molecule has 0 saturated heterocycles. The number of methoxy groups -OCH3 is 1. The Balaban J connectivity index is 1.26.